The van der Waals surface area contributed by atoms with Crippen molar-refractivity contribution in [1.29, 1.82) is 5.26 Å². The Hall–Kier alpha value is -3.00. The number of carbonyl (C=O) groups is 1. The maximum absolute atomic E-state index is 13.1. The maximum Gasteiger partial charge on any atom is 0.308 e. The Bertz CT molecular complexity index is 1380. The SMILES string of the molecule is N#Cc1cccc(NC(=O)CCn2c(=O)sc3cc(S(=O)(=O)N4CCCCCC4)ccc32)c1. The second-order valence-corrected chi connectivity index (χ2v) is 10.9. The number of hydrogen-bond acceptors (Lipinski definition) is 6. The summed E-state index contributed by atoms with van der Waals surface area (Å²) < 4.78 is 29.8. The summed E-state index contributed by atoms with van der Waals surface area (Å²) in [6.07, 6.45) is 3.85. The van der Waals surface area contributed by atoms with Gasteiger partial charge in [-0.05, 0) is 49.2 Å². The first-order chi connectivity index (χ1) is 15.9. The molecule has 2 aromatic carbocycles. The lowest BCUT2D eigenvalue weighted by Crippen LogP contribution is -2.31. The van der Waals surface area contributed by atoms with Crippen LogP contribution in [0.1, 0.15) is 37.7 Å². The summed E-state index contributed by atoms with van der Waals surface area (Å²) in [5.41, 5.74) is 1.57. The molecule has 1 aliphatic rings. The number of fused-ring (bicyclic) bond motifs is 1. The minimum Gasteiger partial charge on any atom is -0.326 e. The van der Waals surface area contributed by atoms with Gasteiger partial charge in [0, 0.05) is 31.7 Å². The normalized spacial score (nSPS) is 15.1. The Kier molecular flexibility index (Phi) is 6.93. The zero-order chi connectivity index (χ0) is 23.4. The minimum absolute atomic E-state index is 0.0658. The molecule has 0 spiro atoms. The van der Waals surface area contributed by atoms with Gasteiger partial charge in [0.1, 0.15) is 0 Å². The van der Waals surface area contributed by atoms with Crippen molar-refractivity contribution in [3.8, 4) is 6.07 Å². The molecule has 1 aromatic heterocycles. The first-order valence-electron chi connectivity index (χ1n) is 10.8. The lowest BCUT2D eigenvalue weighted by Gasteiger charge is -2.19. The first-order valence-corrected chi connectivity index (χ1v) is 13.1. The van der Waals surface area contributed by atoms with Crippen LogP contribution in [-0.4, -0.2) is 36.3 Å². The van der Waals surface area contributed by atoms with Crippen molar-refractivity contribution in [2.24, 2.45) is 0 Å². The summed E-state index contributed by atoms with van der Waals surface area (Å²) in [4.78, 5) is 24.9. The fourth-order valence-electron chi connectivity index (χ4n) is 3.95. The number of nitrogens with one attached hydrogen (secondary N) is 1. The zero-order valence-corrected chi connectivity index (χ0v) is 19.6. The molecule has 1 saturated heterocycles. The molecular formula is C23H24N4O4S2. The minimum atomic E-state index is -3.60. The average molecular weight is 485 g/mol. The summed E-state index contributed by atoms with van der Waals surface area (Å²) in [6.45, 7) is 1.20. The standard InChI is InChI=1S/C23H24N4O4S2/c24-16-17-6-5-7-18(14-17)25-22(28)10-13-27-20-9-8-19(15-21(20)32-23(27)29)33(30,31)26-11-3-1-2-4-12-26/h5-9,14-15H,1-4,10-13H2,(H,25,28). The smallest absolute Gasteiger partial charge is 0.308 e. The Morgan fingerprint density at radius 3 is 2.58 bits per heavy atom. The molecule has 0 aliphatic carbocycles. The van der Waals surface area contributed by atoms with Gasteiger partial charge in [0.05, 0.1) is 26.7 Å². The van der Waals surface area contributed by atoms with Gasteiger partial charge in [-0.15, -0.1) is 0 Å². The number of nitrogens with zero attached hydrogens (tertiary/aromatic N) is 3. The van der Waals surface area contributed by atoms with E-state index in [1.807, 2.05) is 6.07 Å². The number of rotatable bonds is 6. The van der Waals surface area contributed by atoms with Crippen molar-refractivity contribution in [1.82, 2.24) is 8.87 Å². The number of aryl methyl sites for hydroxylation is 1. The van der Waals surface area contributed by atoms with Crippen LogP contribution in [0.15, 0.2) is 52.2 Å². The number of sulfonamides is 1. The molecule has 0 bridgehead atoms. The molecule has 1 aliphatic heterocycles. The molecule has 2 heterocycles. The second-order valence-electron chi connectivity index (χ2n) is 7.96. The van der Waals surface area contributed by atoms with Crippen molar-refractivity contribution in [3.05, 3.63) is 57.7 Å². The van der Waals surface area contributed by atoms with Crippen LogP contribution in [-0.2, 0) is 21.4 Å². The number of amides is 1. The fraction of sp³-hybridized carbons (Fsp3) is 0.348. The quantitative estimate of drug-likeness (QED) is 0.575. The maximum atomic E-state index is 13.1. The molecule has 8 nitrogen and oxygen atoms in total. The van der Waals surface area contributed by atoms with Gasteiger partial charge in [-0.3, -0.25) is 14.2 Å². The number of carbonyl (C=O) groups excluding carboxylic acids is 1. The molecule has 4 rings (SSSR count). The fourth-order valence-corrected chi connectivity index (χ4v) is 6.53. The lowest BCUT2D eigenvalue weighted by molar-refractivity contribution is -0.116. The molecule has 0 saturated carbocycles. The topological polar surface area (TPSA) is 112 Å². The van der Waals surface area contributed by atoms with Crippen molar-refractivity contribution < 1.29 is 13.2 Å². The molecular weight excluding hydrogens is 460 g/mol. The summed E-state index contributed by atoms with van der Waals surface area (Å²) in [6, 6.07) is 13.4. The van der Waals surface area contributed by atoms with Gasteiger partial charge in [-0.1, -0.05) is 30.2 Å². The zero-order valence-electron chi connectivity index (χ0n) is 18.0. The third kappa shape index (κ3) is 5.16. The van der Waals surface area contributed by atoms with E-state index in [1.165, 1.54) is 8.87 Å². The average Bonchev–Trinajstić information content (AvgIpc) is 2.96. The molecule has 1 fully saturated rings. The van der Waals surface area contributed by atoms with Gasteiger partial charge in [0.2, 0.25) is 15.9 Å². The van der Waals surface area contributed by atoms with Crippen LogP contribution in [0.5, 0.6) is 0 Å². The lowest BCUT2D eigenvalue weighted by atomic mass is 10.2. The largest absolute Gasteiger partial charge is 0.326 e. The van der Waals surface area contributed by atoms with Gasteiger partial charge < -0.3 is 5.32 Å². The third-order valence-corrected chi connectivity index (χ3v) is 8.52. The highest BCUT2D eigenvalue weighted by atomic mass is 32.2. The molecule has 0 unspecified atom stereocenters. The van der Waals surface area contributed by atoms with Crippen molar-refractivity contribution in [2.45, 2.75) is 43.5 Å². The highest BCUT2D eigenvalue weighted by Gasteiger charge is 2.26. The number of benzene rings is 2. The van der Waals surface area contributed by atoms with E-state index < -0.39 is 10.0 Å². The van der Waals surface area contributed by atoms with Crippen LogP contribution in [0.3, 0.4) is 0 Å². The molecule has 10 heteroatoms. The van der Waals surface area contributed by atoms with Crippen LogP contribution in [0, 0.1) is 11.3 Å². The van der Waals surface area contributed by atoms with Crippen LogP contribution in [0.2, 0.25) is 0 Å². The van der Waals surface area contributed by atoms with E-state index in [-0.39, 0.29) is 28.6 Å². The second kappa shape index (κ2) is 9.87. The van der Waals surface area contributed by atoms with Crippen LogP contribution in [0.4, 0.5) is 5.69 Å². The molecule has 33 heavy (non-hydrogen) atoms. The number of thiazole rings is 1. The molecule has 3 aromatic rings. The molecule has 172 valence electrons. The van der Waals surface area contributed by atoms with E-state index in [4.69, 9.17) is 5.26 Å². The molecule has 1 amide bonds. The molecule has 0 radical (unpaired) electrons. The summed E-state index contributed by atoms with van der Waals surface area (Å²) in [5, 5.41) is 11.7. The van der Waals surface area contributed by atoms with E-state index >= 15 is 0 Å². The van der Waals surface area contributed by atoms with Crippen molar-refractivity contribution in [2.75, 3.05) is 18.4 Å². The Balaban J connectivity index is 1.50. The number of aromatic nitrogens is 1. The van der Waals surface area contributed by atoms with E-state index in [9.17, 15) is 18.0 Å². The molecule has 0 atom stereocenters. The highest BCUT2D eigenvalue weighted by molar-refractivity contribution is 7.89. The van der Waals surface area contributed by atoms with Crippen LogP contribution < -0.4 is 10.2 Å². The van der Waals surface area contributed by atoms with Gasteiger partial charge in [-0.25, -0.2) is 8.42 Å². The Labute approximate surface area is 196 Å². The van der Waals surface area contributed by atoms with E-state index in [0.29, 0.717) is 34.6 Å². The van der Waals surface area contributed by atoms with Crippen molar-refractivity contribution in [3.63, 3.8) is 0 Å². The van der Waals surface area contributed by atoms with E-state index in [1.54, 1.807) is 42.5 Å². The van der Waals surface area contributed by atoms with Gasteiger partial charge >= 0.3 is 4.87 Å². The summed E-state index contributed by atoms with van der Waals surface area (Å²) >= 11 is 0.977. The van der Waals surface area contributed by atoms with Crippen molar-refractivity contribution >= 4 is 43.2 Å². The monoisotopic (exact) mass is 484 g/mol. The predicted molar refractivity (Wildman–Crippen MR) is 128 cm³/mol. The predicted octanol–water partition coefficient (Wildman–Crippen LogP) is 3.53. The first kappa shape index (κ1) is 23.2. The highest BCUT2D eigenvalue weighted by Crippen LogP contribution is 2.26. The number of hydrogen-bond donors (Lipinski definition) is 1. The molecule has 1 N–H and O–H groups in total. The van der Waals surface area contributed by atoms with E-state index in [2.05, 4.69) is 5.32 Å². The summed E-state index contributed by atoms with van der Waals surface area (Å²) in [5.74, 6) is -0.281. The number of anilines is 1. The Morgan fingerprint density at radius 2 is 1.85 bits per heavy atom. The summed E-state index contributed by atoms with van der Waals surface area (Å²) in [7, 11) is -3.60. The van der Waals surface area contributed by atoms with Crippen LogP contribution >= 0.6 is 11.3 Å². The Morgan fingerprint density at radius 1 is 1.09 bits per heavy atom. The van der Waals surface area contributed by atoms with E-state index in [0.717, 1.165) is 37.0 Å². The third-order valence-electron chi connectivity index (χ3n) is 5.68. The van der Waals surface area contributed by atoms with Gasteiger partial charge in [0.25, 0.3) is 0 Å². The van der Waals surface area contributed by atoms with Crippen LogP contribution in [0.25, 0.3) is 10.2 Å². The van der Waals surface area contributed by atoms with Gasteiger partial charge in [-0.2, -0.15) is 9.57 Å². The number of nitriles is 1. The van der Waals surface area contributed by atoms with Gasteiger partial charge in [0.15, 0.2) is 0 Å².